The van der Waals surface area contributed by atoms with E-state index in [2.05, 4.69) is 29.6 Å². The Morgan fingerprint density at radius 2 is 1.90 bits per heavy atom. The lowest BCUT2D eigenvalue weighted by molar-refractivity contribution is 0.404. The monoisotopic (exact) mass is 269 g/mol. The topological polar surface area (TPSA) is 30.5 Å². The first-order valence-electron chi connectivity index (χ1n) is 6.88. The fourth-order valence-corrected chi connectivity index (χ4v) is 2.82. The normalized spacial score (nSPS) is 16.6. The van der Waals surface area contributed by atoms with E-state index in [1.807, 2.05) is 18.2 Å². The Kier molecular flexibility index (Phi) is 3.50. The van der Waals surface area contributed by atoms with Crippen molar-refractivity contribution in [3.8, 4) is 11.5 Å². The van der Waals surface area contributed by atoms with Crippen LogP contribution in [0.15, 0.2) is 42.5 Å². The molecular formula is C17H19NO2. The Morgan fingerprint density at radius 1 is 1.05 bits per heavy atom. The second kappa shape index (κ2) is 5.45. The van der Waals surface area contributed by atoms with Gasteiger partial charge < -0.3 is 14.8 Å². The summed E-state index contributed by atoms with van der Waals surface area (Å²) in [7, 11) is 3.37. The molecule has 0 aliphatic heterocycles. The summed E-state index contributed by atoms with van der Waals surface area (Å²) in [5.74, 6) is 1.68. The van der Waals surface area contributed by atoms with Crippen molar-refractivity contribution in [3.63, 3.8) is 0 Å². The first-order chi connectivity index (χ1) is 9.81. The maximum absolute atomic E-state index is 5.43. The van der Waals surface area contributed by atoms with Gasteiger partial charge in [-0.25, -0.2) is 0 Å². The van der Waals surface area contributed by atoms with Crippen molar-refractivity contribution in [2.75, 3.05) is 19.5 Å². The summed E-state index contributed by atoms with van der Waals surface area (Å²) in [4.78, 5) is 0. The molecular weight excluding hydrogens is 250 g/mol. The molecule has 0 spiro atoms. The molecule has 0 radical (unpaired) electrons. The Labute approximate surface area is 119 Å². The number of hydrogen-bond donors (Lipinski definition) is 1. The molecule has 1 N–H and O–H groups in total. The Hall–Kier alpha value is -2.16. The number of nitrogens with one attached hydrogen (secondary N) is 1. The van der Waals surface area contributed by atoms with Gasteiger partial charge in [-0.1, -0.05) is 24.3 Å². The average molecular weight is 269 g/mol. The third kappa shape index (κ3) is 2.31. The highest BCUT2D eigenvalue weighted by atomic mass is 16.5. The standard InChI is InChI=1S/C17H19NO2/c1-19-13-8-10-17(20-2)16(11-13)18-15-9-7-12-5-3-4-6-14(12)15/h3-6,8,10-11,15,18H,7,9H2,1-2H3. The highest BCUT2D eigenvalue weighted by Gasteiger charge is 2.22. The predicted molar refractivity (Wildman–Crippen MR) is 80.7 cm³/mol. The SMILES string of the molecule is COc1ccc(OC)c(NC2CCc3ccccc32)c1. The van der Waals surface area contributed by atoms with Crippen molar-refractivity contribution in [3.05, 3.63) is 53.6 Å². The molecule has 1 atom stereocenters. The van der Waals surface area contributed by atoms with Gasteiger partial charge in [-0.05, 0) is 36.1 Å². The molecule has 0 aromatic heterocycles. The maximum atomic E-state index is 5.43. The van der Waals surface area contributed by atoms with Crippen LogP contribution in [0.25, 0.3) is 0 Å². The third-order valence-corrected chi connectivity index (χ3v) is 3.87. The molecule has 2 aromatic rings. The zero-order valence-electron chi connectivity index (χ0n) is 11.8. The average Bonchev–Trinajstić information content (AvgIpc) is 2.90. The second-order valence-electron chi connectivity index (χ2n) is 5.00. The largest absolute Gasteiger partial charge is 0.497 e. The number of fused-ring (bicyclic) bond motifs is 1. The number of rotatable bonds is 4. The van der Waals surface area contributed by atoms with Gasteiger partial charge in [0, 0.05) is 6.07 Å². The molecule has 0 saturated heterocycles. The van der Waals surface area contributed by atoms with E-state index in [1.54, 1.807) is 14.2 Å². The lowest BCUT2D eigenvalue weighted by Crippen LogP contribution is -2.08. The van der Waals surface area contributed by atoms with Crippen molar-refractivity contribution >= 4 is 5.69 Å². The van der Waals surface area contributed by atoms with Gasteiger partial charge in [0.1, 0.15) is 11.5 Å². The third-order valence-electron chi connectivity index (χ3n) is 3.87. The minimum Gasteiger partial charge on any atom is -0.497 e. The molecule has 0 saturated carbocycles. The molecule has 3 heteroatoms. The summed E-state index contributed by atoms with van der Waals surface area (Å²) in [6.07, 6.45) is 2.24. The van der Waals surface area contributed by atoms with E-state index in [0.717, 1.165) is 30.0 Å². The van der Waals surface area contributed by atoms with Crippen LogP contribution in [-0.4, -0.2) is 14.2 Å². The van der Waals surface area contributed by atoms with Gasteiger partial charge in [0.15, 0.2) is 0 Å². The van der Waals surface area contributed by atoms with Gasteiger partial charge in [0.05, 0.1) is 25.9 Å². The highest BCUT2D eigenvalue weighted by molar-refractivity contribution is 5.61. The number of benzene rings is 2. The van der Waals surface area contributed by atoms with Crippen LogP contribution in [-0.2, 0) is 6.42 Å². The van der Waals surface area contributed by atoms with Gasteiger partial charge in [0.25, 0.3) is 0 Å². The van der Waals surface area contributed by atoms with Crippen LogP contribution >= 0.6 is 0 Å². The molecule has 2 aromatic carbocycles. The van der Waals surface area contributed by atoms with Crippen LogP contribution < -0.4 is 14.8 Å². The van der Waals surface area contributed by atoms with E-state index >= 15 is 0 Å². The number of aryl methyl sites for hydroxylation is 1. The van der Waals surface area contributed by atoms with Crippen molar-refractivity contribution in [2.24, 2.45) is 0 Å². The molecule has 0 fully saturated rings. The fourth-order valence-electron chi connectivity index (χ4n) is 2.82. The Bertz CT molecular complexity index is 610. The summed E-state index contributed by atoms with van der Waals surface area (Å²) in [6.45, 7) is 0. The predicted octanol–water partition coefficient (Wildman–Crippen LogP) is 3.80. The molecule has 3 rings (SSSR count). The molecule has 1 aliphatic rings. The second-order valence-corrected chi connectivity index (χ2v) is 5.00. The van der Waals surface area contributed by atoms with Crippen molar-refractivity contribution < 1.29 is 9.47 Å². The Balaban J connectivity index is 1.88. The minimum atomic E-state index is 0.340. The molecule has 1 aliphatic carbocycles. The molecule has 104 valence electrons. The van der Waals surface area contributed by atoms with Crippen molar-refractivity contribution in [1.29, 1.82) is 0 Å². The van der Waals surface area contributed by atoms with Crippen LogP contribution in [0.4, 0.5) is 5.69 Å². The smallest absolute Gasteiger partial charge is 0.142 e. The van der Waals surface area contributed by atoms with Gasteiger partial charge in [-0.15, -0.1) is 0 Å². The zero-order valence-corrected chi connectivity index (χ0v) is 11.8. The first kappa shape index (κ1) is 12.9. The van der Waals surface area contributed by atoms with E-state index in [1.165, 1.54) is 11.1 Å². The zero-order chi connectivity index (χ0) is 13.9. The van der Waals surface area contributed by atoms with Gasteiger partial charge in [0.2, 0.25) is 0 Å². The molecule has 0 amide bonds. The van der Waals surface area contributed by atoms with E-state index < -0.39 is 0 Å². The van der Waals surface area contributed by atoms with Crippen LogP contribution in [0.1, 0.15) is 23.6 Å². The summed E-state index contributed by atoms with van der Waals surface area (Å²) >= 11 is 0. The molecule has 1 unspecified atom stereocenters. The van der Waals surface area contributed by atoms with E-state index in [0.29, 0.717) is 6.04 Å². The molecule has 20 heavy (non-hydrogen) atoms. The van der Waals surface area contributed by atoms with Crippen molar-refractivity contribution in [1.82, 2.24) is 0 Å². The van der Waals surface area contributed by atoms with Crippen LogP contribution in [0.5, 0.6) is 11.5 Å². The lowest BCUT2D eigenvalue weighted by Gasteiger charge is -2.18. The van der Waals surface area contributed by atoms with E-state index in [4.69, 9.17) is 9.47 Å². The molecule has 3 nitrogen and oxygen atoms in total. The van der Waals surface area contributed by atoms with Crippen LogP contribution in [0, 0.1) is 0 Å². The number of anilines is 1. The van der Waals surface area contributed by atoms with Gasteiger partial charge in [-0.3, -0.25) is 0 Å². The summed E-state index contributed by atoms with van der Waals surface area (Å²) in [5.41, 5.74) is 3.80. The lowest BCUT2D eigenvalue weighted by atomic mass is 10.1. The van der Waals surface area contributed by atoms with E-state index in [9.17, 15) is 0 Å². The van der Waals surface area contributed by atoms with Crippen LogP contribution in [0.3, 0.4) is 0 Å². The molecule has 0 bridgehead atoms. The number of hydrogen-bond acceptors (Lipinski definition) is 3. The number of ether oxygens (including phenoxy) is 2. The summed E-state index contributed by atoms with van der Waals surface area (Å²) < 4.78 is 10.7. The minimum absolute atomic E-state index is 0.340. The fraction of sp³-hybridized carbons (Fsp3) is 0.294. The number of methoxy groups -OCH3 is 2. The Morgan fingerprint density at radius 3 is 2.70 bits per heavy atom. The quantitative estimate of drug-likeness (QED) is 0.915. The van der Waals surface area contributed by atoms with Crippen molar-refractivity contribution in [2.45, 2.75) is 18.9 Å². The van der Waals surface area contributed by atoms with Gasteiger partial charge in [-0.2, -0.15) is 0 Å². The van der Waals surface area contributed by atoms with E-state index in [-0.39, 0.29) is 0 Å². The van der Waals surface area contributed by atoms with Gasteiger partial charge >= 0.3 is 0 Å². The molecule has 0 heterocycles. The summed E-state index contributed by atoms with van der Waals surface area (Å²) in [6, 6.07) is 14.8. The highest BCUT2D eigenvalue weighted by Crippen LogP contribution is 2.37. The maximum Gasteiger partial charge on any atom is 0.142 e. The summed E-state index contributed by atoms with van der Waals surface area (Å²) in [5, 5.41) is 3.59. The first-order valence-corrected chi connectivity index (χ1v) is 6.88. The van der Waals surface area contributed by atoms with Crippen LogP contribution in [0.2, 0.25) is 0 Å².